The molecule has 5 heteroatoms. The molecule has 2 atom stereocenters. The maximum absolute atomic E-state index is 6.05. The third kappa shape index (κ3) is 28.7. The Morgan fingerprint density at radius 2 is 0.718 bits per heavy atom. The molecular weight excluding hydrogens is 612 g/mol. The van der Waals surface area contributed by atoms with Crippen molar-refractivity contribution in [2.24, 2.45) is 0 Å². The first-order chi connectivity index (χ1) is 19.0. The van der Waals surface area contributed by atoms with E-state index in [0.717, 1.165) is 13.2 Å². The van der Waals surface area contributed by atoms with Gasteiger partial charge in [-0.3, -0.25) is 9.80 Å². The van der Waals surface area contributed by atoms with Crippen LogP contribution in [0.15, 0.2) is 0 Å². The number of hydrogen-bond acceptors (Lipinski definition) is 3. The summed E-state index contributed by atoms with van der Waals surface area (Å²) >= 11 is 7.66. The Hall–Kier alpha value is 0.840. The first kappa shape index (κ1) is 39.8. The number of nitrogens with zero attached hydrogens (tertiary/aromatic N) is 2. The molecule has 0 saturated heterocycles. The molecule has 0 spiro atoms. The number of halogens is 2. The van der Waals surface area contributed by atoms with Crippen molar-refractivity contribution in [3.05, 3.63) is 0 Å². The van der Waals surface area contributed by atoms with E-state index in [0.29, 0.717) is 4.95 Å². The smallest absolute Gasteiger partial charge is 0.0892 e. The summed E-state index contributed by atoms with van der Waals surface area (Å²) in [4.78, 5) is 5.39. The molecule has 3 nitrogen and oxygen atoms in total. The summed E-state index contributed by atoms with van der Waals surface area (Å²) < 4.78 is 6.05. The van der Waals surface area contributed by atoms with Crippen molar-refractivity contribution in [2.45, 2.75) is 178 Å². The van der Waals surface area contributed by atoms with E-state index >= 15 is 0 Å². The summed E-state index contributed by atoms with van der Waals surface area (Å²) in [6, 6.07) is 0. The Morgan fingerprint density at radius 1 is 0.436 bits per heavy atom. The lowest BCUT2D eigenvalue weighted by Gasteiger charge is -2.28. The SMILES string of the molecule is CCCCCCCCCCCCCCN(CCCCCCCCCCCCCC)C(Br)COCC(Br)N(C)C. The third-order valence-electron chi connectivity index (χ3n) is 8.07. The van der Waals surface area contributed by atoms with Crippen molar-refractivity contribution in [1.82, 2.24) is 9.80 Å². The zero-order chi connectivity index (χ0) is 28.8. The molecule has 0 fully saturated rings. The van der Waals surface area contributed by atoms with Crippen LogP contribution in [0.5, 0.6) is 0 Å². The summed E-state index contributed by atoms with van der Waals surface area (Å²) in [7, 11) is 4.17. The molecule has 0 N–H and O–H groups in total. The highest BCUT2D eigenvalue weighted by molar-refractivity contribution is 9.09. The van der Waals surface area contributed by atoms with Crippen LogP contribution in [0.2, 0.25) is 0 Å². The Bertz CT molecular complexity index is 438. The number of alkyl halides is 2. The maximum atomic E-state index is 6.05. The second kappa shape index (κ2) is 31.8. The maximum Gasteiger partial charge on any atom is 0.0892 e. The van der Waals surface area contributed by atoms with E-state index < -0.39 is 0 Å². The van der Waals surface area contributed by atoms with Crippen LogP contribution in [0.25, 0.3) is 0 Å². The van der Waals surface area contributed by atoms with Crippen LogP contribution in [-0.4, -0.2) is 60.1 Å². The van der Waals surface area contributed by atoms with Gasteiger partial charge in [-0.2, -0.15) is 0 Å². The van der Waals surface area contributed by atoms with Crippen molar-refractivity contribution in [3.63, 3.8) is 0 Å². The Labute approximate surface area is 263 Å². The van der Waals surface area contributed by atoms with Gasteiger partial charge in [0.25, 0.3) is 0 Å². The fourth-order valence-electron chi connectivity index (χ4n) is 5.22. The van der Waals surface area contributed by atoms with Crippen molar-refractivity contribution >= 4 is 31.9 Å². The lowest BCUT2D eigenvalue weighted by molar-refractivity contribution is 0.0768. The van der Waals surface area contributed by atoms with Gasteiger partial charge in [-0.05, 0) is 40.0 Å². The van der Waals surface area contributed by atoms with Crippen LogP contribution in [0, 0.1) is 0 Å². The molecule has 0 aliphatic heterocycles. The predicted octanol–water partition coefficient (Wildman–Crippen LogP) is 11.7. The highest BCUT2D eigenvalue weighted by atomic mass is 79.9. The molecule has 0 aliphatic rings. The Balaban J connectivity index is 4.04. The van der Waals surface area contributed by atoms with E-state index in [-0.39, 0.29) is 4.95 Å². The van der Waals surface area contributed by atoms with Gasteiger partial charge in [0.1, 0.15) is 0 Å². The quantitative estimate of drug-likeness (QED) is 0.0399. The van der Waals surface area contributed by atoms with Crippen molar-refractivity contribution in [1.29, 1.82) is 0 Å². The number of rotatable bonds is 32. The Morgan fingerprint density at radius 3 is 1.03 bits per heavy atom. The van der Waals surface area contributed by atoms with Crippen molar-refractivity contribution < 1.29 is 4.74 Å². The van der Waals surface area contributed by atoms with Gasteiger partial charge in [0, 0.05) is 0 Å². The van der Waals surface area contributed by atoms with Gasteiger partial charge in [0.15, 0.2) is 0 Å². The molecule has 0 aromatic carbocycles. The molecule has 0 heterocycles. The number of likely N-dealkylation sites (N-methyl/N-ethyl adjacent to an activating group) is 1. The predicted molar refractivity (Wildman–Crippen MR) is 184 cm³/mol. The second-order valence-corrected chi connectivity index (χ2v) is 14.3. The van der Waals surface area contributed by atoms with E-state index in [1.165, 1.54) is 167 Å². The molecule has 0 radical (unpaired) electrons. The average molecular weight is 683 g/mol. The van der Waals surface area contributed by atoms with Gasteiger partial charge in [0.2, 0.25) is 0 Å². The standard InChI is InChI=1S/C34H70Br2N2O/c1-5-7-9-11-13-15-17-19-21-23-25-27-29-38(34(36)32-39-31-33(35)37(3)4)30-28-26-24-22-20-18-16-14-12-10-8-6-2/h33-34H,5-32H2,1-4H3. The van der Waals surface area contributed by atoms with Gasteiger partial charge < -0.3 is 4.74 Å². The lowest BCUT2D eigenvalue weighted by atomic mass is 10.0. The van der Waals surface area contributed by atoms with Gasteiger partial charge in [-0.25, -0.2) is 0 Å². The van der Waals surface area contributed by atoms with Crippen LogP contribution in [0.3, 0.4) is 0 Å². The largest absolute Gasteiger partial charge is 0.376 e. The van der Waals surface area contributed by atoms with Crippen LogP contribution in [0.1, 0.15) is 168 Å². The zero-order valence-electron chi connectivity index (χ0n) is 27.0. The van der Waals surface area contributed by atoms with Crippen molar-refractivity contribution in [2.75, 3.05) is 40.4 Å². The Kier molecular flexibility index (Phi) is 32.5. The average Bonchev–Trinajstić information content (AvgIpc) is 2.92. The minimum absolute atomic E-state index is 0.276. The molecule has 2 unspecified atom stereocenters. The van der Waals surface area contributed by atoms with Gasteiger partial charge >= 0.3 is 0 Å². The zero-order valence-corrected chi connectivity index (χ0v) is 30.2. The van der Waals surface area contributed by atoms with Crippen molar-refractivity contribution in [3.8, 4) is 0 Å². The first-order valence-corrected chi connectivity index (χ1v) is 19.1. The fourth-order valence-corrected chi connectivity index (χ4v) is 6.00. The summed E-state index contributed by atoms with van der Waals surface area (Å²) in [6.07, 6.45) is 33.9. The molecular formula is C34H70Br2N2O. The van der Waals surface area contributed by atoms with E-state index in [9.17, 15) is 0 Å². The third-order valence-corrected chi connectivity index (χ3v) is 9.99. The minimum Gasteiger partial charge on any atom is -0.376 e. The van der Waals surface area contributed by atoms with Gasteiger partial charge in [-0.1, -0.05) is 187 Å². The normalized spacial score (nSPS) is 13.5. The molecule has 0 saturated carbocycles. The minimum atomic E-state index is 0.276. The van der Waals surface area contributed by atoms with Crippen LogP contribution in [-0.2, 0) is 4.74 Å². The molecule has 39 heavy (non-hydrogen) atoms. The first-order valence-electron chi connectivity index (χ1n) is 17.3. The van der Waals surface area contributed by atoms with Gasteiger partial charge in [-0.15, -0.1) is 0 Å². The van der Waals surface area contributed by atoms with Crippen LogP contribution >= 0.6 is 31.9 Å². The van der Waals surface area contributed by atoms with E-state index in [4.69, 9.17) is 4.74 Å². The summed E-state index contributed by atoms with van der Waals surface area (Å²) in [5.74, 6) is 0. The van der Waals surface area contributed by atoms with Gasteiger partial charge in [0.05, 0.1) is 23.1 Å². The van der Waals surface area contributed by atoms with Crippen LogP contribution in [0.4, 0.5) is 0 Å². The number of unbranched alkanes of at least 4 members (excludes halogenated alkanes) is 22. The second-order valence-electron chi connectivity index (χ2n) is 12.2. The molecule has 0 aliphatic carbocycles. The fraction of sp³-hybridized carbons (Fsp3) is 1.00. The number of ether oxygens (including phenoxy) is 1. The topological polar surface area (TPSA) is 15.7 Å². The van der Waals surface area contributed by atoms with Crippen LogP contribution < -0.4 is 0 Å². The highest BCUT2D eigenvalue weighted by Crippen LogP contribution is 2.17. The molecule has 0 rings (SSSR count). The molecule has 0 bridgehead atoms. The molecule has 236 valence electrons. The molecule has 0 aromatic rings. The summed E-state index contributed by atoms with van der Waals surface area (Å²) in [5.41, 5.74) is 0. The summed E-state index contributed by atoms with van der Waals surface area (Å²) in [6.45, 7) is 8.47. The molecule has 0 aromatic heterocycles. The lowest BCUT2D eigenvalue weighted by Crippen LogP contribution is -2.37. The monoisotopic (exact) mass is 680 g/mol. The van der Waals surface area contributed by atoms with E-state index in [1.807, 2.05) is 0 Å². The summed E-state index contributed by atoms with van der Waals surface area (Å²) in [5, 5.41) is 0. The molecule has 0 amide bonds. The highest BCUT2D eigenvalue weighted by Gasteiger charge is 2.16. The van der Waals surface area contributed by atoms with E-state index in [2.05, 4.69) is 69.6 Å². The van der Waals surface area contributed by atoms with E-state index in [1.54, 1.807) is 0 Å². The number of hydrogen-bond donors (Lipinski definition) is 0.